The van der Waals surface area contributed by atoms with E-state index in [1.165, 1.54) is 4.68 Å². The van der Waals surface area contributed by atoms with Crippen molar-refractivity contribution in [1.82, 2.24) is 19.1 Å². The van der Waals surface area contributed by atoms with Crippen LogP contribution in [-0.4, -0.2) is 39.0 Å². The minimum atomic E-state index is 0.186. The van der Waals surface area contributed by atoms with Gasteiger partial charge in [0.1, 0.15) is 11.3 Å². The van der Waals surface area contributed by atoms with Gasteiger partial charge in [0.2, 0.25) is 0 Å². The van der Waals surface area contributed by atoms with Gasteiger partial charge in [0.05, 0.1) is 11.2 Å². The molecule has 2 heterocycles. The van der Waals surface area contributed by atoms with E-state index >= 15 is 0 Å². The van der Waals surface area contributed by atoms with E-state index in [1.807, 2.05) is 66.9 Å². The van der Waals surface area contributed by atoms with E-state index in [9.17, 15) is 0 Å². The first kappa shape index (κ1) is 20.0. The van der Waals surface area contributed by atoms with E-state index in [1.54, 1.807) is 24.2 Å². The first-order valence-corrected chi connectivity index (χ1v) is 10.3. The molecular weight excluding hydrogens is 392 g/mol. The molecule has 0 fully saturated rings. The number of nitrogens with zero attached hydrogens (tertiary/aromatic N) is 4. The van der Waals surface area contributed by atoms with Crippen molar-refractivity contribution >= 4 is 28.7 Å². The minimum Gasteiger partial charge on any atom is -0.286 e. The predicted octanol–water partition coefficient (Wildman–Crippen LogP) is 4.21. The summed E-state index contributed by atoms with van der Waals surface area (Å²) in [4.78, 5) is 5.48. The molecule has 0 saturated heterocycles. The summed E-state index contributed by atoms with van der Waals surface area (Å²) in [6, 6.07) is 21.5. The Balaban J connectivity index is 1.59. The highest BCUT2D eigenvalue weighted by molar-refractivity contribution is 7.97. The first-order chi connectivity index (χ1) is 14.5. The molecule has 2 aromatic carbocycles. The van der Waals surface area contributed by atoms with Crippen molar-refractivity contribution in [2.45, 2.75) is 11.3 Å². The molecule has 6 nitrogen and oxygen atoms in total. The van der Waals surface area contributed by atoms with Crippen LogP contribution in [0.1, 0.15) is 5.56 Å². The van der Waals surface area contributed by atoms with Gasteiger partial charge in [-0.25, -0.2) is 4.68 Å². The maximum Gasteiger partial charge on any atom is 0.148 e. The van der Waals surface area contributed by atoms with E-state index in [0.717, 1.165) is 32.6 Å². The van der Waals surface area contributed by atoms with Crippen LogP contribution in [0, 0.1) is 10.8 Å². The fourth-order valence-corrected chi connectivity index (χ4v) is 3.86. The van der Waals surface area contributed by atoms with E-state index in [2.05, 4.69) is 22.2 Å². The van der Waals surface area contributed by atoms with Gasteiger partial charge in [0.25, 0.3) is 0 Å². The molecule has 0 atom stereocenters. The van der Waals surface area contributed by atoms with Gasteiger partial charge in [-0.2, -0.15) is 5.10 Å². The summed E-state index contributed by atoms with van der Waals surface area (Å²) in [5, 5.41) is 22.4. The standard InChI is InChI=1S/C23H22N6S/c1-28(2)30-19-8-6-17(7-9-19)21-11-12-22(24)29(27-21)23(25)15-16-5-10-20-18(14-16)4-3-13-26-20/h3-14,24-25H,15H2,1-2H3. The van der Waals surface area contributed by atoms with Crippen molar-refractivity contribution < 1.29 is 0 Å². The van der Waals surface area contributed by atoms with Gasteiger partial charge in [-0.1, -0.05) is 24.3 Å². The number of fused-ring (bicyclic) bond motifs is 1. The van der Waals surface area contributed by atoms with Crippen LogP contribution in [-0.2, 0) is 6.42 Å². The number of benzene rings is 2. The molecule has 0 amide bonds. The summed E-state index contributed by atoms with van der Waals surface area (Å²) in [7, 11) is 4.02. The summed E-state index contributed by atoms with van der Waals surface area (Å²) in [6.45, 7) is 0. The molecule has 0 aliphatic carbocycles. The molecule has 2 aromatic heterocycles. The fraction of sp³-hybridized carbons (Fsp3) is 0.130. The third-order valence-corrected chi connectivity index (χ3v) is 5.42. The van der Waals surface area contributed by atoms with Crippen LogP contribution in [0.3, 0.4) is 0 Å². The Hall–Kier alpha value is -3.29. The van der Waals surface area contributed by atoms with E-state index in [0.29, 0.717) is 6.42 Å². The minimum absolute atomic E-state index is 0.186. The topological polar surface area (TPSA) is 81.7 Å². The van der Waals surface area contributed by atoms with E-state index in [-0.39, 0.29) is 11.3 Å². The monoisotopic (exact) mass is 414 g/mol. The van der Waals surface area contributed by atoms with E-state index < -0.39 is 0 Å². The van der Waals surface area contributed by atoms with Gasteiger partial charge < -0.3 is 0 Å². The summed E-state index contributed by atoms with van der Waals surface area (Å²) >= 11 is 1.65. The Morgan fingerprint density at radius 2 is 1.83 bits per heavy atom. The van der Waals surface area contributed by atoms with Crippen molar-refractivity contribution in [3.05, 3.63) is 84.0 Å². The van der Waals surface area contributed by atoms with Crippen LogP contribution in [0.25, 0.3) is 22.2 Å². The SMILES string of the molecule is CN(C)Sc1ccc(-c2ccc(=N)n(C(=N)Cc3ccc4ncccc4c3)n2)cc1. The zero-order chi connectivity index (χ0) is 21.1. The molecule has 0 bridgehead atoms. The maximum absolute atomic E-state index is 8.54. The molecule has 7 heteroatoms. The average molecular weight is 415 g/mol. The molecule has 4 aromatic rings. The number of aromatic nitrogens is 3. The quantitative estimate of drug-likeness (QED) is 0.291. The van der Waals surface area contributed by atoms with Crippen LogP contribution in [0.4, 0.5) is 0 Å². The lowest BCUT2D eigenvalue weighted by atomic mass is 10.1. The van der Waals surface area contributed by atoms with Crippen LogP contribution in [0.5, 0.6) is 0 Å². The second kappa shape index (κ2) is 8.61. The van der Waals surface area contributed by atoms with Crippen LogP contribution >= 0.6 is 11.9 Å². The van der Waals surface area contributed by atoms with Crippen molar-refractivity contribution in [2.75, 3.05) is 14.1 Å². The van der Waals surface area contributed by atoms with Gasteiger partial charge in [0.15, 0.2) is 0 Å². The van der Waals surface area contributed by atoms with Crippen molar-refractivity contribution in [2.24, 2.45) is 0 Å². The molecular formula is C23H22N6S. The van der Waals surface area contributed by atoms with Gasteiger partial charge in [0, 0.05) is 28.5 Å². The van der Waals surface area contributed by atoms with Crippen LogP contribution in [0.15, 0.2) is 77.8 Å². The molecule has 0 unspecified atom stereocenters. The largest absolute Gasteiger partial charge is 0.286 e. The zero-order valence-corrected chi connectivity index (χ0v) is 17.6. The lowest BCUT2D eigenvalue weighted by Gasteiger charge is -2.11. The Bertz CT molecular complexity index is 1260. The van der Waals surface area contributed by atoms with Crippen molar-refractivity contribution in [3.63, 3.8) is 0 Å². The number of hydrogen-bond acceptors (Lipinski definition) is 6. The Morgan fingerprint density at radius 1 is 1.03 bits per heavy atom. The molecule has 2 N–H and O–H groups in total. The first-order valence-electron chi connectivity index (χ1n) is 9.52. The Morgan fingerprint density at radius 3 is 2.60 bits per heavy atom. The highest BCUT2D eigenvalue weighted by Gasteiger charge is 2.09. The molecule has 30 heavy (non-hydrogen) atoms. The molecule has 0 radical (unpaired) electrons. The summed E-state index contributed by atoms with van der Waals surface area (Å²) in [5.74, 6) is 0.255. The lowest BCUT2D eigenvalue weighted by molar-refractivity contribution is 0.702. The van der Waals surface area contributed by atoms with Gasteiger partial charge in [-0.05, 0) is 74.1 Å². The molecule has 0 spiro atoms. The van der Waals surface area contributed by atoms with Gasteiger partial charge >= 0.3 is 0 Å². The molecule has 4 rings (SSSR count). The molecule has 0 aliphatic rings. The summed E-state index contributed by atoms with van der Waals surface area (Å²) in [6.07, 6.45) is 2.16. The zero-order valence-electron chi connectivity index (χ0n) is 16.8. The third kappa shape index (κ3) is 4.48. The summed E-state index contributed by atoms with van der Waals surface area (Å²) in [5.41, 5.74) is 3.80. The van der Waals surface area contributed by atoms with Crippen LogP contribution < -0.4 is 5.49 Å². The number of pyridine rings is 1. The average Bonchev–Trinajstić information content (AvgIpc) is 2.74. The van der Waals surface area contributed by atoms with E-state index in [4.69, 9.17) is 10.8 Å². The number of nitrogens with one attached hydrogen (secondary N) is 2. The second-order valence-electron chi connectivity index (χ2n) is 7.10. The fourth-order valence-electron chi connectivity index (χ4n) is 3.18. The molecule has 150 valence electrons. The highest BCUT2D eigenvalue weighted by atomic mass is 32.2. The van der Waals surface area contributed by atoms with Gasteiger partial charge in [-0.3, -0.25) is 20.1 Å². The van der Waals surface area contributed by atoms with Crippen LogP contribution in [0.2, 0.25) is 0 Å². The number of hydrogen-bond donors (Lipinski definition) is 2. The lowest BCUT2D eigenvalue weighted by Crippen LogP contribution is -2.30. The predicted molar refractivity (Wildman–Crippen MR) is 122 cm³/mol. The van der Waals surface area contributed by atoms with Crippen molar-refractivity contribution in [1.29, 1.82) is 10.8 Å². The Labute approximate surface area is 179 Å². The Kier molecular flexibility index (Phi) is 5.74. The normalized spacial score (nSPS) is 11.2. The smallest absolute Gasteiger partial charge is 0.148 e. The highest BCUT2D eigenvalue weighted by Crippen LogP contribution is 2.23. The van der Waals surface area contributed by atoms with Gasteiger partial charge in [-0.15, -0.1) is 0 Å². The molecule has 0 saturated carbocycles. The van der Waals surface area contributed by atoms with Crippen molar-refractivity contribution in [3.8, 4) is 11.3 Å². The maximum atomic E-state index is 8.54. The number of rotatable bonds is 5. The summed E-state index contributed by atoms with van der Waals surface area (Å²) < 4.78 is 3.44. The molecule has 0 aliphatic heterocycles. The third-order valence-electron chi connectivity index (χ3n) is 4.57. The second-order valence-corrected chi connectivity index (χ2v) is 8.48.